The zero-order valence-electron chi connectivity index (χ0n) is 20.3. The summed E-state index contributed by atoms with van der Waals surface area (Å²) in [5.74, 6) is 0.568. The van der Waals surface area contributed by atoms with E-state index in [0.717, 1.165) is 30.2 Å². The third-order valence-corrected chi connectivity index (χ3v) is 6.76. The number of hydrogen-bond donors (Lipinski definition) is 0. The van der Waals surface area contributed by atoms with Crippen molar-refractivity contribution in [2.24, 2.45) is 7.05 Å². The van der Waals surface area contributed by atoms with Crippen molar-refractivity contribution in [3.63, 3.8) is 0 Å². The van der Waals surface area contributed by atoms with Crippen LogP contribution in [0.1, 0.15) is 77.1 Å². The Labute approximate surface area is 195 Å². The second kappa shape index (κ2) is 9.33. The second-order valence-corrected chi connectivity index (χ2v) is 8.87. The van der Waals surface area contributed by atoms with E-state index in [1.165, 1.54) is 5.56 Å². The highest BCUT2D eigenvalue weighted by Crippen LogP contribution is 2.32. The number of carbonyl (C=O) groups is 2. The molecule has 0 bridgehead atoms. The Morgan fingerprint density at radius 3 is 2.58 bits per heavy atom. The standard InChI is InChI=1S/C26H33N5O2/c1-6-30(7-2)25(32)20-16-27-24(28-18(20)4)22-10-8-9-13-31(22)26(33)23-15-19-14-17(3)11-12-21(19)29(23)5/h11-12,14-16,22H,6-10,13H2,1-5H3/t22-/m0/s1. The van der Waals surface area contributed by atoms with Gasteiger partial charge >= 0.3 is 0 Å². The molecule has 1 aliphatic rings. The van der Waals surface area contributed by atoms with E-state index in [4.69, 9.17) is 4.98 Å². The average Bonchev–Trinajstić information content (AvgIpc) is 3.14. The molecule has 2 aromatic heterocycles. The fourth-order valence-corrected chi connectivity index (χ4v) is 4.80. The lowest BCUT2D eigenvalue weighted by atomic mass is 10.0. The molecule has 7 nitrogen and oxygen atoms in total. The summed E-state index contributed by atoms with van der Waals surface area (Å²) in [6, 6.07) is 8.03. The van der Waals surface area contributed by atoms with E-state index in [9.17, 15) is 9.59 Å². The molecule has 0 unspecified atom stereocenters. The van der Waals surface area contributed by atoms with Crippen molar-refractivity contribution >= 4 is 22.7 Å². The number of aromatic nitrogens is 3. The molecule has 4 rings (SSSR count). The number of amides is 2. The smallest absolute Gasteiger partial charge is 0.271 e. The minimum absolute atomic E-state index is 0.000556. The minimum atomic E-state index is -0.192. The van der Waals surface area contributed by atoms with Crippen molar-refractivity contribution in [3.05, 3.63) is 58.8 Å². The highest BCUT2D eigenvalue weighted by molar-refractivity contribution is 5.99. The fraction of sp³-hybridized carbons (Fsp3) is 0.462. The van der Waals surface area contributed by atoms with Gasteiger partial charge in [0.15, 0.2) is 5.82 Å². The van der Waals surface area contributed by atoms with Crippen LogP contribution in [0.3, 0.4) is 0 Å². The molecular formula is C26H33N5O2. The van der Waals surface area contributed by atoms with E-state index < -0.39 is 0 Å². The number of piperidine rings is 1. The van der Waals surface area contributed by atoms with Crippen molar-refractivity contribution in [2.45, 2.75) is 53.0 Å². The lowest BCUT2D eigenvalue weighted by Crippen LogP contribution is -2.40. The van der Waals surface area contributed by atoms with Gasteiger partial charge in [0.05, 0.1) is 17.3 Å². The molecule has 0 saturated carbocycles. The number of aryl methyl sites for hydroxylation is 3. The Bertz CT molecular complexity index is 1190. The molecule has 2 amide bonds. The van der Waals surface area contributed by atoms with Gasteiger partial charge in [0.1, 0.15) is 5.69 Å². The fourth-order valence-electron chi connectivity index (χ4n) is 4.80. The average molecular weight is 448 g/mol. The first-order valence-corrected chi connectivity index (χ1v) is 11.9. The lowest BCUT2D eigenvalue weighted by Gasteiger charge is -2.35. The van der Waals surface area contributed by atoms with Crippen LogP contribution in [-0.2, 0) is 7.05 Å². The predicted octanol–water partition coefficient (Wildman–Crippen LogP) is 4.43. The maximum absolute atomic E-state index is 13.7. The van der Waals surface area contributed by atoms with Crippen LogP contribution in [0.5, 0.6) is 0 Å². The molecule has 0 N–H and O–H groups in total. The first-order chi connectivity index (χ1) is 15.8. The minimum Gasteiger partial charge on any atom is -0.340 e. The van der Waals surface area contributed by atoms with E-state index in [0.29, 0.717) is 42.4 Å². The first-order valence-electron chi connectivity index (χ1n) is 11.9. The number of likely N-dealkylation sites (tertiary alicyclic amines) is 1. The maximum atomic E-state index is 13.7. The Hall–Kier alpha value is -3.22. The van der Waals surface area contributed by atoms with Gasteiger partial charge in [-0.25, -0.2) is 9.97 Å². The Kier molecular flexibility index (Phi) is 6.49. The van der Waals surface area contributed by atoms with E-state index in [2.05, 4.69) is 30.1 Å². The van der Waals surface area contributed by atoms with Gasteiger partial charge in [0.25, 0.3) is 11.8 Å². The van der Waals surface area contributed by atoms with Crippen LogP contribution in [0.2, 0.25) is 0 Å². The van der Waals surface area contributed by atoms with Crippen LogP contribution in [0, 0.1) is 13.8 Å². The molecule has 0 radical (unpaired) electrons. The molecule has 0 spiro atoms. The summed E-state index contributed by atoms with van der Waals surface area (Å²) in [5.41, 5.74) is 4.08. The van der Waals surface area contributed by atoms with Crippen LogP contribution in [0.4, 0.5) is 0 Å². The summed E-state index contributed by atoms with van der Waals surface area (Å²) in [4.78, 5) is 39.4. The molecule has 3 heterocycles. The van der Waals surface area contributed by atoms with Crippen molar-refractivity contribution < 1.29 is 9.59 Å². The van der Waals surface area contributed by atoms with Gasteiger partial charge in [0.2, 0.25) is 0 Å². The van der Waals surface area contributed by atoms with Crippen LogP contribution in [0.15, 0.2) is 30.5 Å². The molecule has 174 valence electrons. The van der Waals surface area contributed by atoms with Gasteiger partial charge in [-0.05, 0) is 65.2 Å². The number of carbonyl (C=O) groups excluding carboxylic acids is 2. The number of rotatable bonds is 5. The summed E-state index contributed by atoms with van der Waals surface area (Å²) < 4.78 is 1.97. The maximum Gasteiger partial charge on any atom is 0.271 e. The summed E-state index contributed by atoms with van der Waals surface area (Å²) >= 11 is 0. The van der Waals surface area contributed by atoms with Gasteiger partial charge in [0, 0.05) is 43.8 Å². The van der Waals surface area contributed by atoms with Crippen molar-refractivity contribution in [2.75, 3.05) is 19.6 Å². The molecule has 1 atom stereocenters. The molecule has 1 aliphatic heterocycles. The lowest BCUT2D eigenvalue weighted by molar-refractivity contribution is 0.0589. The highest BCUT2D eigenvalue weighted by atomic mass is 16.2. The van der Waals surface area contributed by atoms with Crippen LogP contribution in [0.25, 0.3) is 10.9 Å². The number of nitrogens with zero attached hydrogens (tertiary/aromatic N) is 5. The zero-order valence-corrected chi connectivity index (χ0v) is 20.3. The third kappa shape index (κ3) is 4.24. The number of fused-ring (bicyclic) bond motifs is 1. The summed E-state index contributed by atoms with van der Waals surface area (Å²) in [6.45, 7) is 9.80. The van der Waals surface area contributed by atoms with Crippen molar-refractivity contribution in [3.8, 4) is 0 Å². The van der Waals surface area contributed by atoms with Gasteiger partial charge in [-0.15, -0.1) is 0 Å². The molecule has 1 fully saturated rings. The summed E-state index contributed by atoms with van der Waals surface area (Å²) in [5, 5.41) is 1.07. The quantitative estimate of drug-likeness (QED) is 0.580. The molecule has 3 aromatic rings. The first kappa shape index (κ1) is 23.0. The topological polar surface area (TPSA) is 71.3 Å². The largest absolute Gasteiger partial charge is 0.340 e. The van der Waals surface area contributed by atoms with E-state index in [-0.39, 0.29) is 17.9 Å². The highest BCUT2D eigenvalue weighted by Gasteiger charge is 2.32. The second-order valence-electron chi connectivity index (χ2n) is 8.87. The van der Waals surface area contributed by atoms with Gasteiger partial charge in [-0.2, -0.15) is 0 Å². The predicted molar refractivity (Wildman–Crippen MR) is 129 cm³/mol. The van der Waals surface area contributed by atoms with Gasteiger partial charge in [-0.3, -0.25) is 9.59 Å². The Morgan fingerprint density at radius 2 is 1.88 bits per heavy atom. The molecule has 0 aliphatic carbocycles. The van der Waals surface area contributed by atoms with Crippen molar-refractivity contribution in [1.29, 1.82) is 0 Å². The molecule has 1 aromatic carbocycles. The monoisotopic (exact) mass is 447 g/mol. The normalized spacial score (nSPS) is 16.3. The number of hydrogen-bond acceptors (Lipinski definition) is 4. The number of benzene rings is 1. The van der Waals surface area contributed by atoms with Crippen LogP contribution >= 0.6 is 0 Å². The summed E-state index contributed by atoms with van der Waals surface area (Å²) in [7, 11) is 1.94. The van der Waals surface area contributed by atoms with E-state index in [1.807, 2.05) is 43.4 Å². The molecule has 1 saturated heterocycles. The van der Waals surface area contributed by atoms with Crippen LogP contribution in [-0.4, -0.2) is 55.8 Å². The SMILES string of the molecule is CCN(CC)C(=O)c1cnc([C@@H]2CCCCN2C(=O)c2cc3cc(C)ccc3n2C)nc1C. The molecular weight excluding hydrogens is 414 g/mol. The Morgan fingerprint density at radius 1 is 1.12 bits per heavy atom. The molecule has 7 heteroatoms. The summed E-state index contributed by atoms with van der Waals surface area (Å²) in [6.07, 6.45) is 4.43. The Balaban J connectivity index is 1.65. The van der Waals surface area contributed by atoms with E-state index >= 15 is 0 Å². The van der Waals surface area contributed by atoms with E-state index in [1.54, 1.807) is 11.1 Å². The zero-order chi connectivity index (χ0) is 23.7. The van der Waals surface area contributed by atoms with Gasteiger partial charge < -0.3 is 14.4 Å². The van der Waals surface area contributed by atoms with Crippen molar-refractivity contribution in [1.82, 2.24) is 24.3 Å². The van der Waals surface area contributed by atoms with Crippen LogP contribution < -0.4 is 0 Å². The third-order valence-electron chi connectivity index (χ3n) is 6.76. The molecule has 33 heavy (non-hydrogen) atoms. The van der Waals surface area contributed by atoms with Gasteiger partial charge in [-0.1, -0.05) is 11.6 Å².